The summed E-state index contributed by atoms with van der Waals surface area (Å²) in [5.41, 5.74) is -0.106. The van der Waals surface area contributed by atoms with Crippen LogP contribution in [0.1, 0.15) is 22.1 Å². The van der Waals surface area contributed by atoms with Gasteiger partial charge >= 0.3 is 5.97 Å². The Morgan fingerprint density at radius 3 is 2.29 bits per heavy atom. The normalized spacial score (nSPS) is 11.9. The first-order valence-electron chi connectivity index (χ1n) is 6.75. The van der Waals surface area contributed by atoms with Crippen molar-refractivity contribution in [1.29, 1.82) is 0 Å². The molecule has 24 heavy (non-hydrogen) atoms. The van der Waals surface area contributed by atoms with Gasteiger partial charge in [-0.05, 0) is 23.8 Å². The Kier molecular flexibility index (Phi) is 4.91. The SMILES string of the molecule is COC(=O)[C@@H](c1cc(F)c(F)c(F)c1)N(C)C(=O)c1ccnn1C. The summed E-state index contributed by atoms with van der Waals surface area (Å²) >= 11 is 0. The number of halogens is 3. The maximum atomic E-state index is 13.5. The molecule has 1 aromatic heterocycles. The molecule has 0 N–H and O–H groups in total. The van der Waals surface area contributed by atoms with Gasteiger partial charge in [0.25, 0.3) is 5.91 Å². The first-order chi connectivity index (χ1) is 11.3. The third kappa shape index (κ3) is 3.10. The summed E-state index contributed by atoms with van der Waals surface area (Å²) in [7, 11) is 3.84. The molecular weight excluding hydrogens is 327 g/mol. The maximum Gasteiger partial charge on any atom is 0.333 e. The molecule has 2 aromatic rings. The molecule has 0 fully saturated rings. The molecule has 0 unspecified atom stereocenters. The van der Waals surface area contributed by atoms with Gasteiger partial charge in [-0.1, -0.05) is 0 Å². The van der Waals surface area contributed by atoms with E-state index < -0.39 is 35.4 Å². The average molecular weight is 341 g/mol. The van der Waals surface area contributed by atoms with Gasteiger partial charge in [-0.25, -0.2) is 18.0 Å². The number of carbonyl (C=O) groups is 2. The Bertz CT molecular complexity index is 768. The van der Waals surface area contributed by atoms with Crippen LogP contribution in [-0.4, -0.2) is 40.7 Å². The molecule has 0 aliphatic carbocycles. The van der Waals surface area contributed by atoms with Crippen LogP contribution in [0.4, 0.5) is 13.2 Å². The van der Waals surface area contributed by atoms with Crippen LogP contribution in [0.2, 0.25) is 0 Å². The Morgan fingerprint density at radius 1 is 1.25 bits per heavy atom. The lowest BCUT2D eigenvalue weighted by atomic mass is 10.0. The molecule has 0 aliphatic heterocycles. The van der Waals surface area contributed by atoms with E-state index in [9.17, 15) is 22.8 Å². The van der Waals surface area contributed by atoms with Gasteiger partial charge in [0.2, 0.25) is 0 Å². The topological polar surface area (TPSA) is 64.4 Å². The fourth-order valence-corrected chi connectivity index (χ4v) is 2.24. The van der Waals surface area contributed by atoms with E-state index in [0.29, 0.717) is 12.1 Å². The van der Waals surface area contributed by atoms with E-state index in [0.717, 1.165) is 12.0 Å². The van der Waals surface area contributed by atoms with Crippen LogP contribution in [-0.2, 0) is 16.6 Å². The van der Waals surface area contributed by atoms with Gasteiger partial charge < -0.3 is 9.64 Å². The fraction of sp³-hybridized carbons (Fsp3) is 0.267. The van der Waals surface area contributed by atoms with E-state index in [4.69, 9.17) is 0 Å². The van der Waals surface area contributed by atoms with Crippen molar-refractivity contribution in [2.24, 2.45) is 7.05 Å². The van der Waals surface area contributed by atoms with Crippen LogP contribution in [0.15, 0.2) is 24.4 Å². The summed E-state index contributed by atoms with van der Waals surface area (Å²) in [5.74, 6) is -6.17. The van der Waals surface area contributed by atoms with Crippen LogP contribution < -0.4 is 0 Å². The fourth-order valence-electron chi connectivity index (χ4n) is 2.24. The molecule has 1 atom stereocenters. The van der Waals surface area contributed by atoms with Crippen LogP contribution in [0.3, 0.4) is 0 Å². The van der Waals surface area contributed by atoms with Crippen LogP contribution in [0, 0.1) is 17.5 Å². The molecular formula is C15H14F3N3O3. The summed E-state index contributed by atoms with van der Waals surface area (Å²) in [6.07, 6.45) is 1.38. The highest BCUT2D eigenvalue weighted by atomic mass is 19.2. The number of hydrogen-bond acceptors (Lipinski definition) is 4. The van der Waals surface area contributed by atoms with Gasteiger partial charge in [0.05, 0.1) is 7.11 Å². The van der Waals surface area contributed by atoms with Gasteiger partial charge in [-0.15, -0.1) is 0 Å². The third-order valence-electron chi connectivity index (χ3n) is 3.49. The highest BCUT2D eigenvalue weighted by molar-refractivity contribution is 5.95. The first-order valence-corrected chi connectivity index (χ1v) is 6.75. The Morgan fingerprint density at radius 2 is 1.83 bits per heavy atom. The molecule has 9 heteroatoms. The van der Waals surface area contributed by atoms with E-state index in [1.807, 2.05) is 0 Å². The van der Waals surface area contributed by atoms with Crippen molar-refractivity contribution in [3.63, 3.8) is 0 Å². The number of carbonyl (C=O) groups excluding carboxylic acids is 2. The van der Waals surface area contributed by atoms with Crippen LogP contribution in [0.5, 0.6) is 0 Å². The summed E-state index contributed by atoms with van der Waals surface area (Å²) in [6.45, 7) is 0. The summed E-state index contributed by atoms with van der Waals surface area (Å²) < 4.78 is 46.0. The average Bonchev–Trinajstić information content (AvgIpc) is 2.97. The summed E-state index contributed by atoms with van der Waals surface area (Å²) in [5, 5.41) is 3.84. The van der Waals surface area contributed by atoms with Crippen molar-refractivity contribution in [1.82, 2.24) is 14.7 Å². The van der Waals surface area contributed by atoms with Gasteiger partial charge in [-0.2, -0.15) is 5.10 Å². The van der Waals surface area contributed by atoms with Crippen molar-refractivity contribution in [3.05, 3.63) is 53.1 Å². The smallest absolute Gasteiger partial charge is 0.333 e. The lowest BCUT2D eigenvalue weighted by Gasteiger charge is -2.26. The highest BCUT2D eigenvalue weighted by Crippen LogP contribution is 2.26. The van der Waals surface area contributed by atoms with Gasteiger partial charge in [0.1, 0.15) is 5.69 Å². The number of esters is 1. The number of rotatable bonds is 4. The zero-order valence-electron chi connectivity index (χ0n) is 13.1. The predicted octanol–water partition coefficient (Wildman–Crippen LogP) is 1.82. The second kappa shape index (κ2) is 6.73. The highest BCUT2D eigenvalue weighted by Gasteiger charge is 2.32. The van der Waals surface area contributed by atoms with Crippen molar-refractivity contribution in [2.45, 2.75) is 6.04 Å². The lowest BCUT2D eigenvalue weighted by Crippen LogP contribution is -2.37. The quantitative estimate of drug-likeness (QED) is 0.629. The minimum absolute atomic E-state index is 0.148. The van der Waals surface area contributed by atoms with Crippen molar-refractivity contribution in [3.8, 4) is 0 Å². The molecule has 0 aliphatic rings. The number of nitrogens with zero attached hydrogens (tertiary/aromatic N) is 3. The Labute approximate surface area is 135 Å². The summed E-state index contributed by atoms with van der Waals surface area (Å²) in [4.78, 5) is 25.5. The van der Waals surface area contributed by atoms with Gasteiger partial charge in [0.15, 0.2) is 23.5 Å². The zero-order valence-corrected chi connectivity index (χ0v) is 13.1. The molecule has 1 heterocycles. The number of hydrogen-bond donors (Lipinski definition) is 0. The molecule has 1 aromatic carbocycles. The van der Waals surface area contributed by atoms with Crippen LogP contribution in [0.25, 0.3) is 0 Å². The molecule has 0 spiro atoms. The monoisotopic (exact) mass is 341 g/mol. The lowest BCUT2D eigenvalue weighted by molar-refractivity contribution is -0.145. The molecule has 0 saturated carbocycles. The number of benzene rings is 1. The van der Waals surface area contributed by atoms with E-state index in [-0.39, 0.29) is 11.3 Å². The number of likely N-dealkylation sites (N-methyl/N-ethyl adjacent to an activating group) is 1. The summed E-state index contributed by atoms with van der Waals surface area (Å²) in [6, 6.07) is 1.25. The van der Waals surface area contributed by atoms with Crippen molar-refractivity contribution in [2.75, 3.05) is 14.2 Å². The molecule has 2 rings (SSSR count). The maximum absolute atomic E-state index is 13.5. The number of aromatic nitrogens is 2. The van der Waals surface area contributed by atoms with E-state index in [1.54, 1.807) is 0 Å². The van der Waals surface area contributed by atoms with Gasteiger partial charge in [-0.3, -0.25) is 9.48 Å². The van der Waals surface area contributed by atoms with E-state index >= 15 is 0 Å². The second-order valence-electron chi connectivity index (χ2n) is 4.98. The molecule has 1 amide bonds. The molecule has 0 radical (unpaired) electrons. The number of aryl methyl sites for hydroxylation is 1. The van der Waals surface area contributed by atoms with E-state index in [2.05, 4.69) is 9.84 Å². The Hall–Kier alpha value is -2.84. The standard InChI is InChI=1S/C15H14F3N3O3/c1-20(14(22)11-4-5-19-21(11)2)13(15(23)24-3)8-6-9(16)12(18)10(17)7-8/h4-7,13H,1-3H3/t13-/m1/s1. The number of amides is 1. The minimum atomic E-state index is -1.66. The molecule has 0 saturated heterocycles. The minimum Gasteiger partial charge on any atom is -0.467 e. The van der Waals surface area contributed by atoms with Crippen molar-refractivity contribution >= 4 is 11.9 Å². The predicted molar refractivity (Wildman–Crippen MR) is 76.4 cm³/mol. The number of ether oxygens (including phenoxy) is 1. The zero-order chi connectivity index (χ0) is 18.0. The molecule has 6 nitrogen and oxygen atoms in total. The van der Waals surface area contributed by atoms with Gasteiger partial charge in [0, 0.05) is 20.3 Å². The van der Waals surface area contributed by atoms with E-state index in [1.165, 1.54) is 31.0 Å². The Balaban J connectivity index is 2.48. The molecule has 128 valence electrons. The third-order valence-corrected chi connectivity index (χ3v) is 3.49. The number of methoxy groups -OCH3 is 1. The first kappa shape index (κ1) is 17.5. The molecule has 0 bridgehead atoms. The largest absolute Gasteiger partial charge is 0.467 e. The second-order valence-corrected chi connectivity index (χ2v) is 4.98. The van der Waals surface area contributed by atoms with Crippen molar-refractivity contribution < 1.29 is 27.5 Å². The van der Waals surface area contributed by atoms with Crippen LogP contribution >= 0.6 is 0 Å².